The molecule has 0 aliphatic rings. The molecule has 0 aromatic heterocycles. The van der Waals surface area contributed by atoms with E-state index in [1.54, 1.807) is 0 Å². The van der Waals surface area contributed by atoms with E-state index in [0.29, 0.717) is 0 Å². The Labute approximate surface area is 177 Å². The van der Waals surface area contributed by atoms with Crippen LogP contribution in [0, 0.1) is 0 Å². The van der Waals surface area contributed by atoms with Gasteiger partial charge in [-0.25, -0.2) is 0 Å². The first-order valence-electron chi connectivity index (χ1n) is 2.87. The van der Waals surface area contributed by atoms with Crippen molar-refractivity contribution < 1.29 is 29.7 Å². The summed E-state index contributed by atoms with van der Waals surface area (Å²) in [5.41, 5.74) is 0. The minimum atomic E-state index is -4.76. The third-order valence-electron chi connectivity index (χ3n) is 1.31. The van der Waals surface area contributed by atoms with Crippen LogP contribution in [0.4, 0.5) is 0 Å². The van der Waals surface area contributed by atoms with Gasteiger partial charge in [0.1, 0.15) is 0 Å². The van der Waals surface area contributed by atoms with Gasteiger partial charge in [-0.1, -0.05) is 0 Å². The maximum absolute atomic E-state index is 10.4. The zero-order valence-corrected chi connectivity index (χ0v) is 6.61. The van der Waals surface area contributed by atoms with Gasteiger partial charge in [0.15, 0.2) is 5.34 Å². The average Bonchev–Trinajstić information content (AvgIpc) is 1.86. The van der Waals surface area contributed by atoms with Crippen molar-refractivity contribution in [2.75, 3.05) is 13.2 Å². The van der Waals surface area contributed by atoms with E-state index in [1.165, 1.54) is 0 Å². The monoisotopic (exact) mass is 282 g/mol. The number of aliphatic hydroxyl groups is 3. The number of hydrogen-bond donors (Lipinski definition) is 5. The van der Waals surface area contributed by atoms with E-state index in [0.717, 1.165) is 0 Å². The molecule has 0 saturated carbocycles. The Hall–Kier alpha value is 4.03. The Kier molecular flexibility index (Phi) is 30.3. The van der Waals surface area contributed by atoms with Crippen LogP contribution in [0.2, 0.25) is 0 Å². The van der Waals surface area contributed by atoms with E-state index in [2.05, 4.69) is 0 Å². The summed E-state index contributed by atoms with van der Waals surface area (Å²) in [4.78, 5) is 16.9. The van der Waals surface area contributed by atoms with Crippen molar-refractivity contribution in [3.8, 4) is 0 Å². The molecule has 76 valence electrons. The first-order chi connectivity index (χ1) is 4.87. The molecule has 11 heteroatoms. The fourth-order valence-corrected chi connectivity index (χ4v) is 1.07. The van der Waals surface area contributed by atoms with Crippen LogP contribution in [0.15, 0.2) is 0 Å². The summed E-state index contributed by atoms with van der Waals surface area (Å²) >= 11 is 0. The van der Waals surface area contributed by atoms with E-state index in [4.69, 9.17) is 25.1 Å². The average molecular weight is 282 g/mol. The number of rotatable bonds is 4. The maximum atomic E-state index is 10.4. The van der Waals surface area contributed by atoms with E-state index < -0.39 is 32.6 Å². The van der Waals surface area contributed by atoms with E-state index in [-0.39, 0.29) is 118 Å². The second kappa shape index (κ2) is 14.4. The van der Waals surface area contributed by atoms with Crippen LogP contribution in [0.1, 0.15) is 6.42 Å². The van der Waals surface area contributed by atoms with E-state index in [1.807, 2.05) is 0 Å². The van der Waals surface area contributed by atoms with Crippen molar-refractivity contribution in [2.24, 2.45) is 0 Å². The Morgan fingerprint density at radius 1 is 1.00 bits per heavy atom. The van der Waals surface area contributed by atoms with Gasteiger partial charge in [0.2, 0.25) is 0 Å². The molecular formula is C4H15Na4O6P. The minimum absolute atomic E-state index is 0. The molecule has 0 aromatic carbocycles. The Bertz CT molecular complexity index is 177. The summed E-state index contributed by atoms with van der Waals surface area (Å²) in [5.74, 6) is 0. The summed E-state index contributed by atoms with van der Waals surface area (Å²) < 4.78 is 10.4. The van der Waals surface area contributed by atoms with Crippen molar-refractivity contribution in [1.82, 2.24) is 0 Å². The molecule has 0 amide bonds. The van der Waals surface area contributed by atoms with Gasteiger partial charge in [0.25, 0.3) is 0 Å². The van der Waals surface area contributed by atoms with Crippen LogP contribution in [-0.4, -0.2) is 162 Å². The van der Waals surface area contributed by atoms with Crippen LogP contribution in [-0.2, 0) is 4.57 Å². The third kappa shape index (κ3) is 11.5. The summed E-state index contributed by atoms with van der Waals surface area (Å²) in [6, 6.07) is 0. The fourth-order valence-electron chi connectivity index (χ4n) is 0.496. The Balaban J connectivity index is -0.0000000833. The van der Waals surface area contributed by atoms with Crippen LogP contribution >= 0.6 is 7.60 Å². The van der Waals surface area contributed by atoms with Gasteiger partial charge in [-0.15, -0.1) is 0 Å². The van der Waals surface area contributed by atoms with Crippen LogP contribution in [0.3, 0.4) is 0 Å². The molecule has 0 spiro atoms. The van der Waals surface area contributed by atoms with Crippen LogP contribution in [0.5, 0.6) is 0 Å². The topological polar surface area (TPSA) is 118 Å². The van der Waals surface area contributed by atoms with Crippen molar-refractivity contribution in [3.05, 3.63) is 0 Å². The molecule has 0 heterocycles. The van der Waals surface area contributed by atoms with Crippen molar-refractivity contribution in [3.63, 3.8) is 0 Å². The Morgan fingerprint density at radius 3 is 1.40 bits per heavy atom. The molecular weight excluding hydrogens is 267 g/mol. The van der Waals surface area contributed by atoms with Crippen molar-refractivity contribution in [2.45, 2.75) is 11.8 Å². The van der Waals surface area contributed by atoms with E-state index >= 15 is 0 Å². The molecule has 15 heavy (non-hydrogen) atoms. The molecule has 0 aliphatic heterocycles. The standard InChI is InChI=1S/C4H11O6P.4Na.4H/c5-2-1-4(7,3-6)11(8,9)10;;;;;;;;/h5-7H,1-3H2,(H2,8,9,10);;;;;;;;. The summed E-state index contributed by atoms with van der Waals surface area (Å²) in [6.07, 6.45) is -0.548. The predicted octanol–water partition coefficient (Wildman–Crippen LogP) is -4.37. The molecule has 0 radical (unpaired) electrons. The van der Waals surface area contributed by atoms with Gasteiger partial charge in [-0.3, -0.25) is 4.57 Å². The summed E-state index contributed by atoms with van der Waals surface area (Å²) in [7, 11) is -4.76. The van der Waals surface area contributed by atoms with Gasteiger partial charge in [-0.2, -0.15) is 0 Å². The molecule has 1 unspecified atom stereocenters. The zero-order valence-electron chi connectivity index (χ0n) is 5.71. The van der Waals surface area contributed by atoms with E-state index in [9.17, 15) is 4.57 Å². The van der Waals surface area contributed by atoms with Crippen molar-refractivity contribution >= 4 is 126 Å². The molecule has 0 bridgehead atoms. The second-order valence-electron chi connectivity index (χ2n) is 2.16. The summed E-state index contributed by atoms with van der Waals surface area (Å²) in [5, 5.41) is 23.2. The van der Waals surface area contributed by atoms with Gasteiger partial charge < -0.3 is 25.1 Å². The fraction of sp³-hybridized carbons (Fsp3) is 1.00. The normalized spacial score (nSPS) is 13.1. The van der Waals surface area contributed by atoms with Crippen LogP contribution in [0.25, 0.3) is 0 Å². The quantitative estimate of drug-likeness (QED) is 0.263. The molecule has 6 nitrogen and oxygen atoms in total. The zero-order chi connectivity index (χ0) is 9.12. The number of aliphatic hydroxyl groups excluding tert-OH is 2. The second-order valence-corrected chi connectivity index (χ2v) is 4.08. The summed E-state index contributed by atoms with van der Waals surface area (Å²) in [6.45, 7) is -1.67. The molecule has 0 aromatic rings. The van der Waals surface area contributed by atoms with Crippen LogP contribution < -0.4 is 0 Å². The molecule has 5 N–H and O–H groups in total. The molecule has 0 fully saturated rings. The first-order valence-corrected chi connectivity index (χ1v) is 4.48. The predicted molar refractivity (Wildman–Crippen MR) is 64.4 cm³/mol. The van der Waals surface area contributed by atoms with Gasteiger partial charge in [-0.05, 0) is 0 Å². The van der Waals surface area contributed by atoms with Gasteiger partial charge >= 0.3 is 126 Å². The van der Waals surface area contributed by atoms with Gasteiger partial charge in [0.05, 0.1) is 6.61 Å². The molecule has 0 aliphatic carbocycles. The SMILES string of the molecule is O=P(O)(O)C(O)(CO)CCO.[NaH].[NaH].[NaH].[NaH]. The Morgan fingerprint density at radius 2 is 1.33 bits per heavy atom. The first kappa shape index (κ1) is 31.4. The number of hydrogen-bond acceptors (Lipinski definition) is 4. The third-order valence-corrected chi connectivity index (χ3v) is 2.76. The molecule has 1 atom stereocenters. The van der Waals surface area contributed by atoms with Gasteiger partial charge in [0, 0.05) is 13.0 Å². The molecule has 0 rings (SSSR count). The molecule has 0 saturated heterocycles. The van der Waals surface area contributed by atoms with Crippen molar-refractivity contribution in [1.29, 1.82) is 0 Å².